The van der Waals surface area contributed by atoms with Crippen LogP contribution >= 0.6 is 11.3 Å². The number of likely N-dealkylation sites (N-methyl/N-ethyl adjacent to an activating group) is 1. The second kappa shape index (κ2) is 4.71. The van der Waals surface area contributed by atoms with Crippen LogP contribution in [0.25, 0.3) is 0 Å². The standard InChI is InChI=1S/C8H11N3O2S/c1-2-10-6(12)3-5-4-14-8(11-5)7(9)13/h4H,2-3H2,1H3,(H2,9,13)(H,10,12). The van der Waals surface area contributed by atoms with Crippen LogP contribution in [0.4, 0.5) is 0 Å². The van der Waals surface area contributed by atoms with Gasteiger partial charge in [0.15, 0.2) is 5.01 Å². The molecule has 1 rings (SSSR count). The summed E-state index contributed by atoms with van der Waals surface area (Å²) in [6.45, 7) is 2.43. The predicted octanol–water partition coefficient (Wildman–Crippen LogP) is -0.0794. The second-order valence-corrected chi connectivity index (χ2v) is 3.50. The summed E-state index contributed by atoms with van der Waals surface area (Å²) >= 11 is 1.15. The number of hydrogen-bond donors (Lipinski definition) is 2. The molecule has 5 nitrogen and oxygen atoms in total. The van der Waals surface area contributed by atoms with Gasteiger partial charge in [-0.15, -0.1) is 11.3 Å². The minimum Gasteiger partial charge on any atom is -0.364 e. The summed E-state index contributed by atoms with van der Waals surface area (Å²) in [6, 6.07) is 0. The average Bonchev–Trinajstić information content (AvgIpc) is 2.53. The van der Waals surface area contributed by atoms with E-state index in [1.807, 2.05) is 6.92 Å². The van der Waals surface area contributed by atoms with E-state index in [0.717, 1.165) is 11.3 Å². The number of thiazole rings is 1. The molecule has 0 aliphatic rings. The van der Waals surface area contributed by atoms with E-state index in [2.05, 4.69) is 10.3 Å². The van der Waals surface area contributed by atoms with E-state index in [0.29, 0.717) is 12.2 Å². The molecule has 0 saturated carbocycles. The van der Waals surface area contributed by atoms with Crippen LogP contribution in [0.2, 0.25) is 0 Å². The lowest BCUT2D eigenvalue weighted by Crippen LogP contribution is -2.24. The molecule has 0 bridgehead atoms. The van der Waals surface area contributed by atoms with Crippen molar-refractivity contribution in [1.29, 1.82) is 0 Å². The maximum atomic E-state index is 11.1. The molecule has 1 aromatic rings. The van der Waals surface area contributed by atoms with E-state index in [-0.39, 0.29) is 17.3 Å². The van der Waals surface area contributed by atoms with Gasteiger partial charge in [0.25, 0.3) is 5.91 Å². The van der Waals surface area contributed by atoms with E-state index in [9.17, 15) is 9.59 Å². The third kappa shape index (κ3) is 2.81. The Morgan fingerprint density at radius 1 is 1.64 bits per heavy atom. The summed E-state index contributed by atoms with van der Waals surface area (Å²) in [6.07, 6.45) is 0.192. The molecule has 6 heteroatoms. The van der Waals surface area contributed by atoms with Crippen LogP contribution in [-0.2, 0) is 11.2 Å². The Balaban J connectivity index is 2.59. The molecular weight excluding hydrogens is 202 g/mol. The number of nitrogens with two attached hydrogens (primary N) is 1. The fourth-order valence-electron chi connectivity index (χ4n) is 0.926. The summed E-state index contributed by atoms with van der Waals surface area (Å²) in [5, 5.41) is 4.54. The van der Waals surface area contributed by atoms with Gasteiger partial charge in [0.05, 0.1) is 12.1 Å². The van der Waals surface area contributed by atoms with Crippen LogP contribution in [-0.4, -0.2) is 23.3 Å². The molecule has 76 valence electrons. The smallest absolute Gasteiger partial charge is 0.277 e. The lowest BCUT2D eigenvalue weighted by Gasteiger charge is -1.97. The number of carbonyl (C=O) groups is 2. The number of amides is 2. The first-order chi connectivity index (χ1) is 6.63. The third-order valence-corrected chi connectivity index (χ3v) is 2.38. The SMILES string of the molecule is CCNC(=O)Cc1csc(C(N)=O)n1. The fourth-order valence-corrected chi connectivity index (χ4v) is 1.60. The van der Waals surface area contributed by atoms with Crippen LogP contribution in [0.1, 0.15) is 22.4 Å². The molecule has 0 spiro atoms. The van der Waals surface area contributed by atoms with Gasteiger partial charge in [0.1, 0.15) is 0 Å². The molecule has 0 unspecified atom stereocenters. The predicted molar refractivity (Wildman–Crippen MR) is 53.0 cm³/mol. The van der Waals surface area contributed by atoms with Gasteiger partial charge in [-0.05, 0) is 6.92 Å². The van der Waals surface area contributed by atoms with E-state index >= 15 is 0 Å². The molecule has 1 heterocycles. The van der Waals surface area contributed by atoms with Crippen molar-refractivity contribution in [3.63, 3.8) is 0 Å². The third-order valence-electron chi connectivity index (χ3n) is 1.48. The largest absolute Gasteiger partial charge is 0.364 e. The van der Waals surface area contributed by atoms with Crippen LogP contribution in [0.15, 0.2) is 5.38 Å². The molecule has 0 fully saturated rings. The van der Waals surface area contributed by atoms with E-state index in [4.69, 9.17) is 5.73 Å². The van der Waals surface area contributed by atoms with Crippen molar-refractivity contribution in [1.82, 2.24) is 10.3 Å². The van der Waals surface area contributed by atoms with Gasteiger partial charge in [-0.2, -0.15) is 0 Å². The van der Waals surface area contributed by atoms with Gasteiger partial charge in [-0.1, -0.05) is 0 Å². The molecule has 0 aromatic carbocycles. The van der Waals surface area contributed by atoms with Gasteiger partial charge >= 0.3 is 0 Å². The van der Waals surface area contributed by atoms with Crippen molar-refractivity contribution >= 4 is 23.2 Å². The molecule has 0 radical (unpaired) electrons. The van der Waals surface area contributed by atoms with Crippen molar-refractivity contribution in [2.75, 3.05) is 6.54 Å². The molecule has 14 heavy (non-hydrogen) atoms. The summed E-state index contributed by atoms with van der Waals surface area (Å²) in [5.74, 6) is -0.661. The molecule has 0 aliphatic carbocycles. The van der Waals surface area contributed by atoms with Gasteiger partial charge < -0.3 is 11.1 Å². The summed E-state index contributed by atoms with van der Waals surface area (Å²) in [5.41, 5.74) is 5.60. The van der Waals surface area contributed by atoms with Crippen LogP contribution < -0.4 is 11.1 Å². The molecule has 2 amide bonds. The Hall–Kier alpha value is -1.43. The Kier molecular flexibility index (Phi) is 3.58. The van der Waals surface area contributed by atoms with E-state index in [1.54, 1.807) is 5.38 Å². The van der Waals surface area contributed by atoms with Crippen molar-refractivity contribution in [2.24, 2.45) is 5.73 Å². The van der Waals surface area contributed by atoms with E-state index in [1.165, 1.54) is 0 Å². The molecule has 0 aliphatic heterocycles. The van der Waals surface area contributed by atoms with Gasteiger partial charge in [0, 0.05) is 11.9 Å². The summed E-state index contributed by atoms with van der Waals surface area (Å²) in [4.78, 5) is 25.7. The Morgan fingerprint density at radius 3 is 2.86 bits per heavy atom. The van der Waals surface area contributed by atoms with Crippen molar-refractivity contribution in [3.8, 4) is 0 Å². The second-order valence-electron chi connectivity index (χ2n) is 2.64. The zero-order valence-corrected chi connectivity index (χ0v) is 8.56. The lowest BCUT2D eigenvalue weighted by molar-refractivity contribution is -0.120. The zero-order valence-electron chi connectivity index (χ0n) is 7.74. The monoisotopic (exact) mass is 213 g/mol. The first-order valence-corrected chi connectivity index (χ1v) is 5.02. The van der Waals surface area contributed by atoms with E-state index < -0.39 is 5.91 Å². The molecule has 1 aromatic heterocycles. The Bertz CT molecular complexity index is 348. The summed E-state index contributed by atoms with van der Waals surface area (Å²) in [7, 11) is 0. The van der Waals surface area contributed by atoms with Crippen molar-refractivity contribution in [2.45, 2.75) is 13.3 Å². The average molecular weight is 213 g/mol. The highest BCUT2D eigenvalue weighted by molar-refractivity contribution is 7.11. The van der Waals surface area contributed by atoms with Crippen molar-refractivity contribution in [3.05, 3.63) is 16.1 Å². The molecular formula is C8H11N3O2S. The number of nitrogens with zero attached hydrogens (tertiary/aromatic N) is 1. The van der Waals surface area contributed by atoms with Crippen molar-refractivity contribution < 1.29 is 9.59 Å². The minimum absolute atomic E-state index is 0.103. The number of primary amides is 1. The van der Waals surface area contributed by atoms with Gasteiger partial charge in [0.2, 0.25) is 5.91 Å². The number of carbonyl (C=O) groups excluding carboxylic acids is 2. The lowest BCUT2D eigenvalue weighted by atomic mass is 10.3. The highest BCUT2D eigenvalue weighted by atomic mass is 32.1. The highest BCUT2D eigenvalue weighted by Crippen LogP contribution is 2.09. The molecule has 3 N–H and O–H groups in total. The Labute approximate surface area is 85.3 Å². The van der Waals surface area contributed by atoms with Crippen LogP contribution in [0, 0.1) is 0 Å². The summed E-state index contributed by atoms with van der Waals surface area (Å²) < 4.78 is 0. The number of rotatable bonds is 4. The molecule has 0 saturated heterocycles. The molecule has 0 atom stereocenters. The topological polar surface area (TPSA) is 85.1 Å². The maximum Gasteiger partial charge on any atom is 0.277 e. The van der Waals surface area contributed by atoms with Gasteiger partial charge in [-0.3, -0.25) is 9.59 Å². The number of hydrogen-bond acceptors (Lipinski definition) is 4. The zero-order chi connectivity index (χ0) is 10.6. The van der Waals surface area contributed by atoms with Gasteiger partial charge in [-0.25, -0.2) is 4.98 Å². The fraction of sp³-hybridized carbons (Fsp3) is 0.375. The van der Waals surface area contributed by atoms with Crippen LogP contribution in [0.5, 0.6) is 0 Å². The Morgan fingerprint density at radius 2 is 2.36 bits per heavy atom. The first-order valence-electron chi connectivity index (χ1n) is 4.14. The number of nitrogens with one attached hydrogen (secondary N) is 1. The first kappa shape index (κ1) is 10.6. The normalized spacial score (nSPS) is 9.79. The quantitative estimate of drug-likeness (QED) is 0.733. The minimum atomic E-state index is -0.558. The highest BCUT2D eigenvalue weighted by Gasteiger charge is 2.09. The number of aromatic nitrogens is 1. The maximum absolute atomic E-state index is 11.1. The van der Waals surface area contributed by atoms with Crippen LogP contribution in [0.3, 0.4) is 0 Å².